The topological polar surface area (TPSA) is 72.9 Å². The third kappa shape index (κ3) is 3.71. The fourth-order valence-electron chi connectivity index (χ4n) is 1.96. The molecule has 108 valence electrons. The van der Waals surface area contributed by atoms with E-state index in [2.05, 4.69) is 22.3 Å². The summed E-state index contributed by atoms with van der Waals surface area (Å²) in [5, 5.41) is 6.98. The second-order valence-corrected chi connectivity index (χ2v) is 4.56. The Hall–Kier alpha value is -2.58. The molecule has 5 heteroatoms. The third-order valence-electron chi connectivity index (χ3n) is 3.02. The van der Waals surface area contributed by atoms with Crippen LogP contribution in [0, 0.1) is 11.8 Å². The fraction of sp³-hybridized carbons (Fsp3) is 0.250. The number of nitrogens with two attached hydrogens (primary N) is 1. The molecule has 0 saturated heterocycles. The highest BCUT2D eigenvalue weighted by atomic mass is 16.1. The average molecular weight is 282 g/mol. The Morgan fingerprint density at radius 1 is 1.43 bits per heavy atom. The number of hydrogen-bond acceptors (Lipinski definition) is 3. The van der Waals surface area contributed by atoms with Crippen molar-refractivity contribution in [1.29, 1.82) is 0 Å². The quantitative estimate of drug-likeness (QED) is 0.839. The molecule has 0 saturated carbocycles. The van der Waals surface area contributed by atoms with Crippen molar-refractivity contribution in [2.45, 2.75) is 13.3 Å². The van der Waals surface area contributed by atoms with Crippen LogP contribution in [0.2, 0.25) is 0 Å². The normalized spacial score (nSPS) is 9.86. The maximum absolute atomic E-state index is 12.1. The highest BCUT2D eigenvalue weighted by Gasteiger charge is 2.11. The summed E-state index contributed by atoms with van der Waals surface area (Å²) in [6.45, 7) is 2.37. The van der Waals surface area contributed by atoms with E-state index in [1.54, 1.807) is 24.0 Å². The highest BCUT2D eigenvalue weighted by molar-refractivity contribution is 6.03. The van der Waals surface area contributed by atoms with Gasteiger partial charge in [-0.15, -0.1) is 0 Å². The molecule has 1 heterocycles. The lowest BCUT2D eigenvalue weighted by atomic mass is 10.1. The number of rotatable bonds is 3. The second kappa shape index (κ2) is 6.73. The predicted molar refractivity (Wildman–Crippen MR) is 82.9 cm³/mol. The maximum atomic E-state index is 12.1. The molecule has 0 spiro atoms. The minimum absolute atomic E-state index is 0.217. The Balaban J connectivity index is 2.21. The summed E-state index contributed by atoms with van der Waals surface area (Å²) in [5.41, 5.74) is 8.48. The summed E-state index contributed by atoms with van der Waals surface area (Å²) in [6, 6.07) is 7.38. The summed E-state index contributed by atoms with van der Waals surface area (Å²) in [5.74, 6) is 5.60. The number of carbonyl (C=O) groups excluding carboxylic acids is 1. The van der Waals surface area contributed by atoms with E-state index in [4.69, 9.17) is 5.73 Å². The molecule has 5 nitrogen and oxygen atoms in total. The maximum Gasteiger partial charge on any atom is 0.276 e. The molecule has 0 radical (unpaired) electrons. The van der Waals surface area contributed by atoms with Crippen molar-refractivity contribution in [3.05, 3.63) is 47.3 Å². The van der Waals surface area contributed by atoms with Gasteiger partial charge in [-0.05, 0) is 36.2 Å². The van der Waals surface area contributed by atoms with Crippen LogP contribution in [0.3, 0.4) is 0 Å². The standard InChI is InChI=1S/C16H18N4O/c1-3-13-11-12(5-4-9-17)6-7-14(13)18-16(21)15-8-10-20(2)19-15/h6-8,10-11H,3,9,17H2,1-2H3,(H,18,21). The van der Waals surface area contributed by atoms with Gasteiger partial charge in [-0.2, -0.15) is 5.10 Å². The van der Waals surface area contributed by atoms with Crippen LogP contribution in [0.1, 0.15) is 28.5 Å². The van der Waals surface area contributed by atoms with Crippen LogP contribution in [0.5, 0.6) is 0 Å². The Kier molecular flexibility index (Phi) is 4.75. The molecule has 1 aromatic heterocycles. The Labute approximate surface area is 124 Å². The highest BCUT2D eigenvalue weighted by Crippen LogP contribution is 2.18. The Morgan fingerprint density at radius 3 is 2.86 bits per heavy atom. The van der Waals surface area contributed by atoms with Crippen molar-refractivity contribution in [2.75, 3.05) is 11.9 Å². The van der Waals surface area contributed by atoms with E-state index in [9.17, 15) is 4.79 Å². The monoisotopic (exact) mass is 282 g/mol. The van der Waals surface area contributed by atoms with Gasteiger partial charge in [-0.25, -0.2) is 0 Å². The number of carbonyl (C=O) groups is 1. The first kappa shape index (κ1) is 14.8. The lowest BCUT2D eigenvalue weighted by Crippen LogP contribution is -2.14. The van der Waals surface area contributed by atoms with Gasteiger partial charge in [0, 0.05) is 24.5 Å². The van der Waals surface area contributed by atoms with Gasteiger partial charge < -0.3 is 11.1 Å². The average Bonchev–Trinajstić information content (AvgIpc) is 2.92. The zero-order valence-corrected chi connectivity index (χ0v) is 12.2. The number of anilines is 1. The van der Waals surface area contributed by atoms with E-state index in [1.807, 2.05) is 25.1 Å². The number of aryl methyl sites for hydroxylation is 2. The summed E-state index contributed by atoms with van der Waals surface area (Å²) < 4.78 is 1.60. The number of benzene rings is 1. The van der Waals surface area contributed by atoms with Gasteiger partial charge in [0.1, 0.15) is 0 Å². The molecule has 21 heavy (non-hydrogen) atoms. The Bertz CT molecular complexity index is 707. The van der Waals surface area contributed by atoms with E-state index in [1.165, 1.54) is 0 Å². The summed E-state index contributed by atoms with van der Waals surface area (Å²) in [4.78, 5) is 12.1. The minimum Gasteiger partial charge on any atom is -0.320 e. The lowest BCUT2D eigenvalue weighted by molar-refractivity contribution is 0.102. The third-order valence-corrected chi connectivity index (χ3v) is 3.02. The summed E-state index contributed by atoms with van der Waals surface area (Å²) >= 11 is 0. The Morgan fingerprint density at radius 2 is 2.24 bits per heavy atom. The van der Waals surface area contributed by atoms with Crippen molar-refractivity contribution < 1.29 is 4.79 Å². The van der Waals surface area contributed by atoms with Crippen LogP contribution in [-0.4, -0.2) is 22.2 Å². The van der Waals surface area contributed by atoms with E-state index in [0.29, 0.717) is 12.2 Å². The SMILES string of the molecule is CCc1cc(C#CCN)ccc1NC(=O)c1ccn(C)n1. The van der Waals surface area contributed by atoms with Crippen molar-refractivity contribution in [1.82, 2.24) is 9.78 Å². The molecule has 0 bridgehead atoms. The molecular weight excluding hydrogens is 264 g/mol. The molecule has 1 amide bonds. The summed E-state index contributed by atoms with van der Waals surface area (Å²) in [6.07, 6.45) is 2.54. The van der Waals surface area contributed by atoms with Crippen LogP contribution in [0.15, 0.2) is 30.5 Å². The van der Waals surface area contributed by atoms with Crippen molar-refractivity contribution in [2.24, 2.45) is 12.8 Å². The molecule has 0 aliphatic rings. The summed E-state index contributed by atoms with van der Waals surface area (Å²) in [7, 11) is 1.78. The van der Waals surface area contributed by atoms with Crippen molar-refractivity contribution in [3.63, 3.8) is 0 Å². The first-order valence-corrected chi connectivity index (χ1v) is 6.77. The molecule has 2 rings (SSSR count). The second-order valence-electron chi connectivity index (χ2n) is 4.56. The van der Waals surface area contributed by atoms with Crippen molar-refractivity contribution in [3.8, 4) is 11.8 Å². The van der Waals surface area contributed by atoms with Crippen LogP contribution in [0.4, 0.5) is 5.69 Å². The lowest BCUT2D eigenvalue weighted by Gasteiger charge is -2.09. The molecule has 0 aliphatic heterocycles. The molecule has 2 aromatic rings. The molecule has 0 atom stereocenters. The van der Waals surface area contributed by atoms with Crippen LogP contribution >= 0.6 is 0 Å². The van der Waals surface area contributed by atoms with E-state index < -0.39 is 0 Å². The number of nitrogens with one attached hydrogen (secondary N) is 1. The molecule has 0 aliphatic carbocycles. The number of aromatic nitrogens is 2. The largest absolute Gasteiger partial charge is 0.320 e. The molecule has 0 unspecified atom stereocenters. The van der Waals surface area contributed by atoms with E-state index in [-0.39, 0.29) is 5.91 Å². The van der Waals surface area contributed by atoms with Gasteiger partial charge in [0.2, 0.25) is 0 Å². The van der Waals surface area contributed by atoms with Gasteiger partial charge in [-0.1, -0.05) is 18.8 Å². The van der Waals surface area contributed by atoms with Gasteiger partial charge in [0.05, 0.1) is 6.54 Å². The predicted octanol–water partition coefficient (Wildman–Crippen LogP) is 1.55. The number of nitrogens with zero attached hydrogens (tertiary/aromatic N) is 2. The molecule has 1 aromatic carbocycles. The van der Waals surface area contributed by atoms with Crippen LogP contribution in [-0.2, 0) is 13.5 Å². The van der Waals surface area contributed by atoms with Crippen molar-refractivity contribution >= 4 is 11.6 Å². The van der Waals surface area contributed by atoms with Crippen LogP contribution in [0.25, 0.3) is 0 Å². The van der Waals surface area contributed by atoms with Gasteiger partial charge >= 0.3 is 0 Å². The minimum atomic E-state index is -0.217. The van der Waals surface area contributed by atoms with Gasteiger partial charge in [0.15, 0.2) is 5.69 Å². The number of hydrogen-bond donors (Lipinski definition) is 2. The first-order chi connectivity index (χ1) is 10.1. The smallest absolute Gasteiger partial charge is 0.276 e. The van der Waals surface area contributed by atoms with Gasteiger partial charge in [0.25, 0.3) is 5.91 Å². The number of amides is 1. The van der Waals surface area contributed by atoms with E-state index >= 15 is 0 Å². The molecule has 3 N–H and O–H groups in total. The first-order valence-electron chi connectivity index (χ1n) is 6.77. The fourth-order valence-corrected chi connectivity index (χ4v) is 1.96. The molecule has 0 fully saturated rings. The van der Waals surface area contributed by atoms with E-state index in [0.717, 1.165) is 23.2 Å². The van der Waals surface area contributed by atoms with Gasteiger partial charge in [-0.3, -0.25) is 9.48 Å². The van der Waals surface area contributed by atoms with Crippen LogP contribution < -0.4 is 11.1 Å². The zero-order valence-electron chi connectivity index (χ0n) is 12.2. The molecular formula is C16H18N4O. The zero-order chi connectivity index (χ0) is 15.2.